The number of hydrogen-bond acceptors (Lipinski definition) is 11. The van der Waals surface area contributed by atoms with Gasteiger partial charge in [-0.05, 0) is 48.4 Å². The van der Waals surface area contributed by atoms with Crippen LogP contribution in [0.5, 0.6) is 23.0 Å². The van der Waals surface area contributed by atoms with Gasteiger partial charge in [0.1, 0.15) is 15.8 Å². The molecule has 0 unspecified atom stereocenters. The van der Waals surface area contributed by atoms with Gasteiger partial charge >= 0.3 is 0 Å². The molecule has 49 heavy (non-hydrogen) atoms. The number of aromatic nitrogens is 2. The number of amides is 1. The number of rotatable bonds is 11. The number of hydrogen-bond donors (Lipinski definition) is 1. The number of carbonyl (C=O) groups is 1. The number of pyridine rings is 1. The lowest BCUT2D eigenvalue weighted by atomic mass is 9.95. The van der Waals surface area contributed by atoms with E-state index in [-0.39, 0.29) is 12.9 Å². The summed E-state index contributed by atoms with van der Waals surface area (Å²) in [5, 5.41) is 10.3. The van der Waals surface area contributed by atoms with Gasteiger partial charge in [-0.3, -0.25) is 4.79 Å². The van der Waals surface area contributed by atoms with Gasteiger partial charge in [-0.15, -0.1) is 11.3 Å². The van der Waals surface area contributed by atoms with Crippen molar-refractivity contribution in [2.45, 2.75) is 32.5 Å². The molecule has 2 aliphatic heterocycles. The van der Waals surface area contributed by atoms with Gasteiger partial charge in [-0.2, -0.15) is 5.10 Å². The number of hydrazone groups is 1. The molecule has 14 heteroatoms. The van der Waals surface area contributed by atoms with Gasteiger partial charge in [0.15, 0.2) is 11.5 Å². The maximum atomic E-state index is 13.9. The molecule has 12 nitrogen and oxygen atoms in total. The van der Waals surface area contributed by atoms with Crippen LogP contribution in [0.2, 0.25) is 5.02 Å². The van der Waals surface area contributed by atoms with Crippen molar-refractivity contribution in [2.75, 3.05) is 28.1 Å². The number of aryl methyl sites for hydroxylation is 1. The van der Waals surface area contributed by atoms with Crippen LogP contribution in [0.25, 0.3) is 15.9 Å². The first-order valence-electron chi connectivity index (χ1n) is 15.3. The van der Waals surface area contributed by atoms with Crippen molar-refractivity contribution in [3.8, 4) is 28.7 Å². The number of thiophene rings is 1. The van der Waals surface area contributed by atoms with Crippen LogP contribution >= 0.6 is 22.9 Å². The number of halogens is 1. The predicted molar refractivity (Wildman–Crippen MR) is 186 cm³/mol. The Hall–Kier alpha value is -5.11. The van der Waals surface area contributed by atoms with E-state index in [0.29, 0.717) is 69.2 Å². The summed E-state index contributed by atoms with van der Waals surface area (Å²) in [5.74, 6) is 1.24. The minimum atomic E-state index is -0.405. The molecule has 7 rings (SSSR count). The van der Waals surface area contributed by atoms with Crippen molar-refractivity contribution in [2.24, 2.45) is 10.3 Å². The molecule has 252 valence electrons. The summed E-state index contributed by atoms with van der Waals surface area (Å²) in [4.78, 5) is 25.6. The van der Waals surface area contributed by atoms with Crippen LogP contribution in [-0.2, 0) is 22.6 Å². The fraction of sp³-hybridized carbons (Fsp3) is 0.257. The van der Waals surface area contributed by atoms with Crippen molar-refractivity contribution in [1.82, 2.24) is 15.0 Å². The number of oxime groups is 1. The highest BCUT2D eigenvalue weighted by Crippen LogP contribution is 2.52. The first-order chi connectivity index (χ1) is 23.9. The number of fused-ring (bicyclic) bond motifs is 2. The Kier molecular flexibility index (Phi) is 9.13. The van der Waals surface area contributed by atoms with Crippen molar-refractivity contribution >= 4 is 51.0 Å². The Morgan fingerprint density at radius 1 is 1.12 bits per heavy atom. The molecule has 0 aliphatic carbocycles. The molecule has 0 saturated heterocycles. The molecule has 1 atom stereocenters. The zero-order valence-corrected chi connectivity index (χ0v) is 28.7. The van der Waals surface area contributed by atoms with E-state index in [1.807, 2.05) is 66.3 Å². The predicted octanol–water partition coefficient (Wildman–Crippen LogP) is 6.44. The molecule has 0 spiro atoms. The second-order valence-electron chi connectivity index (χ2n) is 11.3. The van der Waals surface area contributed by atoms with Gasteiger partial charge in [-0.25, -0.2) is 10.4 Å². The Morgan fingerprint density at radius 2 is 1.86 bits per heavy atom. The molecule has 0 radical (unpaired) electrons. The van der Waals surface area contributed by atoms with Gasteiger partial charge in [0.25, 0.3) is 5.91 Å². The van der Waals surface area contributed by atoms with Crippen molar-refractivity contribution < 1.29 is 33.3 Å². The van der Waals surface area contributed by atoms with Crippen molar-refractivity contribution in [3.05, 3.63) is 92.7 Å². The Labute approximate surface area is 290 Å². The monoisotopic (exact) mass is 701 g/mol. The summed E-state index contributed by atoms with van der Waals surface area (Å²) in [5.41, 5.74) is 8.15. The second kappa shape index (κ2) is 13.8. The van der Waals surface area contributed by atoms with E-state index in [1.165, 1.54) is 24.7 Å². The van der Waals surface area contributed by atoms with Crippen LogP contribution in [0.4, 0.5) is 0 Å². The topological polar surface area (TPSA) is 127 Å². The molecular formula is C35H32ClN5O7S. The van der Waals surface area contributed by atoms with Crippen molar-refractivity contribution in [3.63, 3.8) is 0 Å². The Bertz CT molecular complexity index is 2090. The van der Waals surface area contributed by atoms with Crippen LogP contribution in [0.1, 0.15) is 44.0 Å². The van der Waals surface area contributed by atoms with Crippen molar-refractivity contribution in [1.29, 1.82) is 0 Å². The molecule has 5 aromatic rings. The van der Waals surface area contributed by atoms with Gasteiger partial charge in [0.05, 0.1) is 38.4 Å². The van der Waals surface area contributed by atoms with Crippen LogP contribution in [0, 0.1) is 6.92 Å². The molecule has 0 saturated carbocycles. The van der Waals surface area contributed by atoms with E-state index >= 15 is 0 Å². The fourth-order valence-corrected chi connectivity index (χ4v) is 7.41. The number of nitrogens with one attached hydrogen (secondary N) is 1. The molecule has 2 aromatic carbocycles. The van der Waals surface area contributed by atoms with E-state index in [9.17, 15) is 4.79 Å². The molecule has 1 amide bonds. The molecule has 1 N–H and O–H groups in total. The van der Waals surface area contributed by atoms with E-state index in [1.54, 1.807) is 14.2 Å². The SMILES string of the molecule is COCc1cc(C)nc2sc(C(=O)N/N=C\c3c(C[C@@H]4CC(c5ccc(Cl)cc5)=NO4)c(OC)c4c(c3OC)OCO4)c(-n3cccc3)c12. The van der Waals surface area contributed by atoms with Crippen LogP contribution < -0.4 is 24.4 Å². The largest absolute Gasteiger partial charge is 0.492 e. The first-order valence-corrected chi connectivity index (χ1v) is 16.5. The lowest BCUT2D eigenvalue weighted by molar-refractivity contribution is 0.0853. The third-order valence-corrected chi connectivity index (χ3v) is 9.52. The third kappa shape index (κ3) is 6.16. The molecule has 2 aliphatic rings. The van der Waals surface area contributed by atoms with E-state index in [4.69, 9.17) is 45.1 Å². The van der Waals surface area contributed by atoms with Crippen LogP contribution in [0.15, 0.2) is 65.1 Å². The minimum absolute atomic E-state index is 0.00471. The van der Waals surface area contributed by atoms with Gasteiger partial charge < -0.3 is 33.1 Å². The summed E-state index contributed by atoms with van der Waals surface area (Å²) < 4.78 is 30.7. The van der Waals surface area contributed by atoms with Crippen LogP contribution in [0.3, 0.4) is 0 Å². The molecule has 0 fully saturated rings. The summed E-state index contributed by atoms with van der Waals surface area (Å²) >= 11 is 7.38. The number of ether oxygens (including phenoxy) is 5. The van der Waals surface area contributed by atoms with Gasteiger partial charge in [-0.1, -0.05) is 28.9 Å². The Balaban J connectivity index is 1.22. The smallest absolute Gasteiger partial charge is 0.283 e. The molecule has 5 heterocycles. The Morgan fingerprint density at radius 3 is 2.57 bits per heavy atom. The van der Waals surface area contributed by atoms with Crippen LogP contribution in [-0.4, -0.2) is 61.6 Å². The molecule has 0 bridgehead atoms. The highest BCUT2D eigenvalue weighted by atomic mass is 35.5. The number of carbonyl (C=O) groups excluding carboxylic acids is 1. The first kappa shape index (κ1) is 32.4. The average molecular weight is 702 g/mol. The highest BCUT2D eigenvalue weighted by Gasteiger charge is 2.34. The number of methoxy groups -OCH3 is 3. The normalized spacial score (nSPS) is 15.1. The summed E-state index contributed by atoms with van der Waals surface area (Å²) in [7, 11) is 4.73. The number of nitrogens with zero attached hydrogens (tertiary/aromatic N) is 4. The highest BCUT2D eigenvalue weighted by molar-refractivity contribution is 7.21. The van der Waals surface area contributed by atoms with E-state index in [0.717, 1.165) is 32.7 Å². The zero-order chi connectivity index (χ0) is 34.1. The summed E-state index contributed by atoms with van der Waals surface area (Å²) in [6, 6.07) is 13.2. The lowest BCUT2D eigenvalue weighted by Crippen LogP contribution is -2.19. The second-order valence-corrected chi connectivity index (χ2v) is 12.7. The molecular weight excluding hydrogens is 670 g/mol. The van der Waals surface area contributed by atoms with E-state index in [2.05, 4.69) is 15.7 Å². The fourth-order valence-electron chi connectivity index (χ4n) is 6.13. The maximum absolute atomic E-state index is 13.9. The van der Waals surface area contributed by atoms with Gasteiger partial charge in [0.2, 0.25) is 18.3 Å². The van der Waals surface area contributed by atoms with E-state index < -0.39 is 5.91 Å². The maximum Gasteiger partial charge on any atom is 0.283 e. The third-order valence-electron chi connectivity index (χ3n) is 8.19. The van der Waals surface area contributed by atoms with Gasteiger partial charge in [0, 0.05) is 59.6 Å². The average Bonchev–Trinajstić information content (AvgIpc) is 3.92. The number of benzene rings is 2. The summed E-state index contributed by atoms with van der Waals surface area (Å²) in [6.07, 6.45) is 5.89. The summed E-state index contributed by atoms with van der Waals surface area (Å²) in [6.45, 7) is 2.29. The lowest BCUT2D eigenvalue weighted by Gasteiger charge is -2.19. The zero-order valence-electron chi connectivity index (χ0n) is 27.1. The molecule has 3 aromatic heterocycles. The minimum Gasteiger partial charge on any atom is -0.492 e. The quantitative estimate of drug-likeness (QED) is 0.123. The standard InChI is InChI=1S/C35H32ClN5O7S/c1-19-13-21(17-43-2)27-28(41-11-5-6-12-41)33(49-35(27)38-19)34(42)39-37-16-25-24(29(44-3)31-32(30(25)45-4)47-18-46-31)14-23-15-26(40-48-23)20-7-9-22(36)10-8-20/h5-13,16,23H,14-15,17-18H2,1-4H3,(H,39,42)/b37-16-/t23-/m1/s1.